The predicted octanol–water partition coefficient (Wildman–Crippen LogP) is 6.05. The van der Waals surface area contributed by atoms with Crippen molar-refractivity contribution in [2.75, 3.05) is 13.2 Å². The lowest BCUT2D eigenvalue weighted by molar-refractivity contribution is -0.161. The summed E-state index contributed by atoms with van der Waals surface area (Å²) in [6, 6.07) is 0. The van der Waals surface area contributed by atoms with Gasteiger partial charge in [-0.1, -0.05) is 64.2 Å². The summed E-state index contributed by atoms with van der Waals surface area (Å²) in [5, 5.41) is 0. The van der Waals surface area contributed by atoms with E-state index < -0.39 is 32.5 Å². The van der Waals surface area contributed by atoms with Gasteiger partial charge >= 0.3 is 19.8 Å². The highest BCUT2D eigenvalue weighted by Crippen LogP contribution is 2.35. The molecule has 0 aromatic carbocycles. The lowest BCUT2D eigenvalue weighted by Gasteiger charge is -2.18. The van der Waals surface area contributed by atoms with Crippen LogP contribution in [0.2, 0.25) is 0 Å². The Kier molecular flexibility index (Phi) is 21.9. The van der Waals surface area contributed by atoms with Crippen molar-refractivity contribution in [1.82, 2.24) is 0 Å². The lowest BCUT2D eigenvalue weighted by Crippen LogP contribution is -2.29. The molecule has 0 saturated carbocycles. The number of carbonyl (C=O) groups excluding carboxylic acids is 2. The van der Waals surface area contributed by atoms with Gasteiger partial charge < -0.3 is 45.9 Å². The van der Waals surface area contributed by atoms with Crippen molar-refractivity contribution < 1.29 is 37.9 Å². The smallest absolute Gasteiger partial charge is 0.462 e. The molecule has 0 radical (unpaired) electrons. The fourth-order valence-corrected chi connectivity index (χ4v) is 3.72. The minimum absolute atomic E-state index is 0.200. The van der Waals surface area contributed by atoms with Crippen LogP contribution in [0.15, 0.2) is 0 Å². The van der Waals surface area contributed by atoms with Crippen LogP contribution in [0.3, 0.4) is 0 Å². The highest BCUT2D eigenvalue weighted by Gasteiger charge is 2.22. The zero-order chi connectivity index (χ0) is 25.5. The molecule has 0 heterocycles. The van der Waals surface area contributed by atoms with Gasteiger partial charge in [-0.2, -0.15) is 12.8 Å². The van der Waals surface area contributed by atoms with E-state index >= 15 is 0 Å². The van der Waals surface area contributed by atoms with Crippen LogP contribution in [0.1, 0.15) is 109 Å². The van der Waals surface area contributed by atoms with Crippen LogP contribution in [-0.2, 0) is 28.2 Å². The largest absolute Gasteiger partial charge is 0.469 e. The molecule has 0 bridgehead atoms. The molecule has 0 amide bonds. The number of phosphoric ester groups is 1. The maximum Gasteiger partial charge on any atom is 0.469 e. The number of phosphoric acid groups is 1. The number of carbonyl (C=O) groups is 2. The van der Waals surface area contributed by atoms with Gasteiger partial charge in [-0.15, -0.1) is 0 Å². The first kappa shape index (κ1) is 33.0. The second-order valence-corrected chi connectivity index (χ2v) is 9.78. The normalized spacial score (nSPS) is 12.5. The summed E-state index contributed by atoms with van der Waals surface area (Å²) in [6.07, 6.45) is 16.6. The number of esters is 2. The Morgan fingerprint density at radius 1 is 0.765 bits per heavy atom. The zero-order valence-corrected chi connectivity index (χ0v) is 21.7. The highest BCUT2D eigenvalue weighted by molar-refractivity contribution is 7.46. The molecule has 0 aromatic heterocycles. The van der Waals surface area contributed by atoms with Gasteiger partial charge in [0.25, 0.3) is 0 Å². The fraction of sp³-hybridized carbons (Fsp3) is 0.800. The summed E-state index contributed by atoms with van der Waals surface area (Å²) in [4.78, 5) is 41.9. The van der Waals surface area contributed by atoms with Gasteiger partial charge in [0.15, 0.2) is 6.10 Å². The Bertz CT molecular complexity index is 549. The van der Waals surface area contributed by atoms with Crippen LogP contribution in [-0.4, -0.2) is 41.0 Å². The van der Waals surface area contributed by atoms with E-state index in [2.05, 4.69) is 24.8 Å². The summed E-state index contributed by atoms with van der Waals surface area (Å²) < 4.78 is 25.9. The molecule has 34 heavy (non-hydrogen) atoms. The second kappa shape index (κ2) is 22.5. The Morgan fingerprint density at radius 2 is 1.29 bits per heavy atom. The minimum atomic E-state index is -4.73. The summed E-state index contributed by atoms with van der Waals surface area (Å²) in [6.45, 7) is 6.75. The number of hydrogen-bond acceptors (Lipinski definition) is 6. The molecule has 0 aliphatic rings. The number of unbranched alkanes of at least 4 members (excludes halogenated alkanes) is 14. The molecule has 9 heteroatoms. The molecule has 0 fully saturated rings. The van der Waals surface area contributed by atoms with E-state index in [0.29, 0.717) is 12.8 Å². The van der Waals surface area contributed by atoms with Crippen molar-refractivity contribution in [2.45, 2.75) is 115 Å². The molecule has 1 atom stereocenters. The molecular weight excluding hydrogens is 459 g/mol. The Morgan fingerprint density at radius 3 is 1.85 bits per heavy atom. The number of rotatable bonds is 24. The van der Waals surface area contributed by atoms with E-state index in [9.17, 15) is 14.2 Å². The van der Waals surface area contributed by atoms with Gasteiger partial charge in [-0.05, 0) is 12.8 Å². The Balaban J connectivity index is 4.13. The molecule has 2 N–H and O–H groups in total. The standard InChI is InChI=1S/C25H46O8P/c1-3-5-7-9-11-13-15-17-19-24(26)31-21-23(22-32-34(28,29)30)33-25(27)20-18-16-14-12-10-8-6-4-2/h5,23H,1-4,6-22H2,(H2,28,29,30)/q-3/t23-/m1/s1. The van der Waals surface area contributed by atoms with Crippen LogP contribution in [0.5, 0.6) is 0 Å². The van der Waals surface area contributed by atoms with Gasteiger partial charge in [-0.25, -0.2) is 4.57 Å². The van der Waals surface area contributed by atoms with Crippen LogP contribution in [0, 0.1) is 20.3 Å². The van der Waals surface area contributed by atoms with E-state index in [-0.39, 0.29) is 19.4 Å². The van der Waals surface area contributed by atoms with E-state index in [1.165, 1.54) is 12.8 Å². The molecule has 0 aliphatic heterocycles. The maximum absolute atomic E-state index is 12.1. The highest BCUT2D eigenvalue weighted by atomic mass is 31.2. The van der Waals surface area contributed by atoms with Crippen molar-refractivity contribution in [2.24, 2.45) is 0 Å². The molecular formula is C25H46O8P-3. The fourth-order valence-electron chi connectivity index (χ4n) is 3.36. The van der Waals surface area contributed by atoms with Gasteiger partial charge in [0.2, 0.25) is 0 Å². The maximum atomic E-state index is 12.1. The topological polar surface area (TPSA) is 119 Å². The Labute approximate surface area is 206 Å². The van der Waals surface area contributed by atoms with Gasteiger partial charge in [-0.3, -0.25) is 14.1 Å². The van der Waals surface area contributed by atoms with Crippen molar-refractivity contribution in [3.63, 3.8) is 0 Å². The summed E-state index contributed by atoms with van der Waals surface area (Å²) in [5.74, 6) is -0.926. The first-order valence-corrected chi connectivity index (χ1v) is 14.3. The summed E-state index contributed by atoms with van der Waals surface area (Å²) in [5.41, 5.74) is 0. The second-order valence-electron chi connectivity index (χ2n) is 8.54. The molecule has 0 aliphatic carbocycles. The van der Waals surface area contributed by atoms with Crippen molar-refractivity contribution in [1.29, 1.82) is 0 Å². The third-order valence-electron chi connectivity index (χ3n) is 5.28. The first-order chi connectivity index (χ1) is 16.3. The van der Waals surface area contributed by atoms with Crippen LogP contribution in [0.25, 0.3) is 0 Å². The van der Waals surface area contributed by atoms with Crippen LogP contribution in [0.4, 0.5) is 0 Å². The van der Waals surface area contributed by atoms with E-state index in [1.807, 2.05) is 0 Å². The third kappa shape index (κ3) is 24.2. The van der Waals surface area contributed by atoms with Crippen LogP contribution >= 0.6 is 7.82 Å². The monoisotopic (exact) mass is 505 g/mol. The Hall–Kier alpha value is -0.950. The molecule has 0 spiro atoms. The number of ether oxygens (including phenoxy) is 2. The molecule has 8 nitrogen and oxygen atoms in total. The van der Waals surface area contributed by atoms with E-state index in [0.717, 1.165) is 70.6 Å². The minimum Gasteiger partial charge on any atom is -0.462 e. The van der Waals surface area contributed by atoms with E-state index in [4.69, 9.17) is 19.3 Å². The van der Waals surface area contributed by atoms with E-state index in [1.54, 1.807) is 0 Å². The van der Waals surface area contributed by atoms with Crippen LogP contribution < -0.4 is 0 Å². The predicted molar refractivity (Wildman–Crippen MR) is 132 cm³/mol. The average Bonchev–Trinajstić information content (AvgIpc) is 2.78. The van der Waals surface area contributed by atoms with Crippen molar-refractivity contribution in [3.05, 3.63) is 20.3 Å². The molecule has 0 saturated heterocycles. The number of hydrogen-bond donors (Lipinski definition) is 2. The summed E-state index contributed by atoms with van der Waals surface area (Å²) in [7, 11) is -4.73. The third-order valence-corrected chi connectivity index (χ3v) is 5.77. The molecule has 0 rings (SSSR count). The van der Waals surface area contributed by atoms with Gasteiger partial charge in [0, 0.05) is 12.8 Å². The molecule has 0 unspecified atom stereocenters. The van der Waals surface area contributed by atoms with Crippen molar-refractivity contribution >= 4 is 19.8 Å². The lowest BCUT2D eigenvalue weighted by atomic mass is 10.1. The average molecular weight is 506 g/mol. The van der Waals surface area contributed by atoms with Gasteiger partial charge in [0.05, 0.1) is 6.61 Å². The molecule has 202 valence electrons. The molecule has 0 aromatic rings. The SMILES string of the molecule is [CH2-]C[CH-]CCCCCCCC(=O)OC[C@H](COP(=O)(O)O)OC(=O)CCCCCCCCC[CH2-]. The van der Waals surface area contributed by atoms with Gasteiger partial charge in [0.1, 0.15) is 6.61 Å². The van der Waals surface area contributed by atoms with Crippen molar-refractivity contribution in [3.8, 4) is 0 Å². The summed E-state index contributed by atoms with van der Waals surface area (Å²) >= 11 is 0. The quantitative estimate of drug-likeness (QED) is 0.0704. The first-order valence-electron chi connectivity index (χ1n) is 12.7. The zero-order valence-electron chi connectivity index (χ0n) is 20.8.